The van der Waals surface area contributed by atoms with Gasteiger partial charge in [0.15, 0.2) is 0 Å². The summed E-state index contributed by atoms with van der Waals surface area (Å²) in [5.41, 5.74) is 0. The predicted octanol–water partition coefficient (Wildman–Crippen LogP) is 8.53. The highest BCUT2D eigenvalue weighted by molar-refractivity contribution is 6.60. The molecular formula is C17H10Cl12. The van der Waals surface area contributed by atoms with Gasteiger partial charge in [0.05, 0.1) is 41.3 Å². The second kappa shape index (κ2) is 7.11. The van der Waals surface area contributed by atoms with Crippen LogP contribution >= 0.6 is 139 Å². The third kappa shape index (κ3) is 2.49. The van der Waals surface area contributed by atoms with E-state index in [0.717, 1.165) is 0 Å². The number of rotatable bonds is 0. The van der Waals surface area contributed by atoms with Gasteiger partial charge in [-0.25, -0.2) is 0 Å². The Morgan fingerprint density at radius 2 is 1.24 bits per heavy atom. The Morgan fingerprint density at radius 1 is 0.724 bits per heavy atom. The van der Waals surface area contributed by atoms with Crippen LogP contribution in [0.3, 0.4) is 0 Å². The standard InChI is InChI=1S/C17H10Cl12/c18-6-7(19)9(21)17(29)14(26)4-2-1-3-13(14,25)15(27)5-12(15,24)10(22)11(23)16(17,28)8(6)20/h1-4,7,9-11H,5H2. The van der Waals surface area contributed by atoms with Gasteiger partial charge in [0, 0.05) is 0 Å². The van der Waals surface area contributed by atoms with Crippen LogP contribution in [0.2, 0.25) is 0 Å². The van der Waals surface area contributed by atoms with Gasteiger partial charge in [-0.3, -0.25) is 0 Å². The molecule has 0 saturated heterocycles. The zero-order valence-corrected chi connectivity index (χ0v) is 22.9. The van der Waals surface area contributed by atoms with Gasteiger partial charge in [0.25, 0.3) is 0 Å². The summed E-state index contributed by atoms with van der Waals surface area (Å²) in [6.45, 7) is 0. The first-order valence-corrected chi connectivity index (χ1v) is 13.0. The molecule has 4 aliphatic carbocycles. The first kappa shape index (κ1) is 24.8. The molecule has 2 fully saturated rings. The summed E-state index contributed by atoms with van der Waals surface area (Å²) in [5.74, 6) is 0. The molecule has 4 rings (SSSR count). The molecule has 12 heteroatoms. The number of alkyl halides is 10. The molecule has 0 N–H and O–H groups in total. The fourth-order valence-corrected chi connectivity index (χ4v) is 11.2. The normalized spacial score (nSPS) is 61.4. The Balaban J connectivity index is 2.15. The lowest BCUT2D eigenvalue weighted by molar-refractivity contribution is 0.279. The lowest BCUT2D eigenvalue weighted by Gasteiger charge is -2.63. The van der Waals surface area contributed by atoms with Crippen molar-refractivity contribution in [3.63, 3.8) is 0 Å². The minimum absolute atomic E-state index is 0.0120. The topological polar surface area (TPSA) is 0 Å². The van der Waals surface area contributed by atoms with Crippen LogP contribution in [0.4, 0.5) is 0 Å². The van der Waals surface area contributed by atoms with E-state index in [1.54, 1.807) is 24.3 Å². The van der Waals surface area contributed by atoms with E-state index < -0.39 is 50.8 Å². The Bertz CT molecular complexity index is 870. The average molecular weight is 640 g/mol. The lowest BCUT2D eigenvalue weighted by atomic mass is 9.62. The van der Waals surface area contributed by atoms with Crippen molar-refractivity contribution in [1.82, 2.24) is 0 Å². The van der Waals surface area contributed by atoms with Crippen molar-refractivity contribution in [1.29, 1.82) is 0 Å². The zero-order valence-electron chi connectivity index (χ0n) is 13.9. The molecule has 0 aromatic carbocycles. The van der Waals surface area contributed by atoms with E-state index in [4.69, 9.17) is 139 Å². The molecular weight excluding hydrogens is 630 g/mol. The summed E-state index contributed by atoms with van der Waals surface area (Å²) < 4.78 is 0. The van der Waals surface area contributed by atoms with Gasteiger partial charge in [-0.15, -0.1) is 116 Å². The Kier molecular flexibility index (Phi) is 6.09. The van der Waals surface area contributed by atoms with E-state index >= 15 is 0 Å². The molecule has 0 bridgehead atoms. The molecule has 0 radical (unpaired) electrons. The molecule has 0 heterocycles. The molecule has 0 aromatic heterocycles. The van der Waals surface area contributed by atoms with E-state index in [1.165, 1.54) is 0 Å². The molecule has 2 saturated carbocycles. The van der Waals surface area contributed by atoms with Crippen LogP contribution in [0.25, 0.3) is 0 Å². The number of allylic oxidation sites excluding steroid dienone is 6. The van der Waals surface area contributed by atoms with E-state index in [9.17, 15) is 0 Å². The van der Waals surface area contributed by atoms with Gasteiger partial charge in [-0.05, 0) is 6.42 Å². The highest BCUT2D eigenvalue weighted by Gasteiger charge is 2.89. The largest absolute Gasteiger partial charge is 0.122 e. The van der Waals surface area contributed by atoms with Crippen molar-refractivity contribution in [2.75, 3.05) is 0 Å². The average Bonchev–Trinajstić information content (AvgIpc) is 3.27. The van der Waals surface area contributed by atoms with E-state index in [0.29, 0.717) is 0 Å². The molecule has 10 atom stereocenters. The molecule has 162 valence electrons. The zero-order chi connectivity index (χ0) is 22.0. The van der Waals surface area contributed by atoms with Gasteiger partial charge >= 0.3 is 0 Å². The molecule has 0 aliphatic heterocycles. The molecule has 0 spiro atoms. The van der Waals surface area contributed by atoms with Gasteiger partial charge in [0.2, 0.25) is 0 Å². The first-order valence-electron chi connectivity index (χ1n) is 8.24. The second-order valence-corrected chi connectivity index (χ2v) is 14.0. The SMILES string of the molecule is ClC1=C(Cl)C2(Cl)C(Cl)C(Cl)C3(Cl)CC3(Cl)C3(Cl)C=CC=CC3(Cl)C2(Cl)C(Cl)C1Cl. The Hall–Kier alpha value is 2.70. The summed E-state index contributed by atoms with van der Waals surface area (Å²) >= 11 is 82.5. The predicted molar refractivity (Wildman–Crippen MR) is 132 cm³/mol. The smallest absolute Gasteiger partial charge is 0.119 e. The quantitative estimate of drug-likeness (QED) is 0.233. The van der Waals surface area contributed by atoms with Gasteiger partial charge in [-0.2, -0.15) is 0 Å². The van der Waals surface area contributed by atoms with Crippen LogP contribution in [-0.4, -0.2) is 50.8 Å². The van der Waals surface area contributed by atoms with Crippen LogP contribution in [0, 0.1) is 0 Å². The van der Waals surface area contributed by atoms with E-state index in [1.807, 2.05) is 0 Å². The molecule has 0 nitrogen and oxygen atoms in total. The van der Waals surface area contributed by atoms with Crippen LogP contribution in [0.15, 0.2) is 34.4 Å². The Labute approximate surface area is 228 Å². The van der Waals surface area contributed by atoms with Crippen molar-refractivity contribution in [3.8, 4) is 0 Å². The van der Waals surface area contributed by atoms with Crippen molar-refractivity contribution in [3.05, 3.63) is 34.4 Å². The summed E-state index contributed by atoms with van der Waals surface area (Å²) in [5, 5.41) is -4.55. The molecule has 4 aliphatic rings. The van der Waals surface area contributed by atoms with Gasteiger partial charge < -0.3 is 0 Å². The molecule has 10 unspecified atom stereocenters. The van der Waals surface area contributed by atoms with Crippen LogP contribution in [0.1, 0.15) is 6.42 Å². The van der Waals surface area contributed by atoms with Crippen molar-refractivity contribution in [2.45, 2.75) is 57.2 Å². The summed E-state index contributed by atoms with van der Waals surface area (Å²) in [6, 6.07) is 0. The molecule has 0 aromatic rings. The number of hydrogen-bond acceptors (Lipinski definition) is 0. The monoisotopic (exact) mass is 634 g/mol. The van der Waals surface area contributed by atoms with Crippen molar-refractivity contribution >= 4 is 139 Å². The van der Waals surface area contributed by atoms with Crippen LogP contribution in [0.5, 0.6) is 0 Å². The van der Waals surface area contributed by atoms with Crippen molar-refractivity contribution < 1.29 is 0 Å². The first-order chi connectivity index (χ1) is 13.1. The maximum Gasteiger partial charge on any atom is 0.122 e. The fraction of sp³-hybridized carbons (Fsp3) is 0.647. The van der Waals surface area contributed by atoms with Crippen LogP contribution < -0.4 is 0 Å². The molecule has 0 amide bonds. The number of hydrogen-bond donors (Lipinski definition) is 0. The highest BCUT2D eigenvalue weighted by Crippen LogP contribution is 2.79. The maximum absolute atomic E-state index is 7.28. The van der Waals surface area contributed by atoms with Crippen molar-refractivity contribution in [2.24, 2.45) is 0 Å². The number of fused-ring (bicyclic) bond motifs is 5. The maximum atomic E-state index is 7.28. The fourth-order valence-electron chi connectivity index (χ4n) is 4.69. The van der Waals surface area contributed by atoms with Crippen LogP contribution in [-0.2, 0) is 0 Å². The summed E-state index contributed by atoms with van der Waals surface area (Å²) in [6.07, 6.45) is 6.69. The van der Waals surface area contributed by atoms with Gasteiger partial charge in [0.1, 0.15) is 19.5 Å². The molecule has 29 heavy (non-hydrogen) atoms. The lowest BCUT2D eigenvalue weighted by Crippen LogP contribution is -2.79. The Morgan fingerprint density at radius 3 is 1.79 bits per heavy atom. The third-order valence-corrected chi connectivity index (χ3v) is 15.5. The summed E-state index contributed by atoms with van der Waals surface area (Å²) in [7, 11) is 0. The van der Waals surface area contributed by atoms with E-state index in [2.05, 4.69) is 0 Å². The summed E-state index contributed by atoms with van der Waals surface area (Å²) in [4.78, 5) is -9.67. The van der Waals surface area contributed by atoms with E-state index in [-0.39, 0.29) is 16.5 Å². The van der Waals surface area contributed by atoms with Gasteiger partial charge in [-0.1, -0.05) is 47.5 Å². The highest BCUT2D eigenvalue weighted by atomic mass is 35.5. The number of halogens is 12. The third-order valence-electron chi connectivity index (χ3n) is 6.44. The second-order valence-electron chi connectivity index (χ2n) is 7.67. The minimum atomic E-state index is -1.89. The minimum Gasteiger partial charge on any atom is -0.119 e.